The molecule has 0 radical (unpaired) electrons. The van der Waals surface area contributed by atoms with Crippen LogP contribution in [0.2, 0.25) is 0 Å². The molecule has 0 atom stereocenters. The Kier molecular flexibility index (Phi) is 6.41. The van der Waals surface area contributed by atoms with E-state index >= 15 is 0 Å². The quantitative estimate of drug-likeness (QED) is 0.654. The van der Waals surface area contributed by atoms with Crippen molar-refractivity contribution in [3.63, 3.8) is 0 Å². The Hall–Kier alpha value is -0.473. The van der Waals surface area contributed by atoms with Crippen LogP contribution in [0.3, 0.4) is 0 Å². The van der Waals surface area contributed by atoms with Crippen LogP contribution in [-0.2, 0) is 18.1 Å². The lowest BCUT2D eigenvalue weighted by molar-refractivity contribution is -0.134. The number of piperidine rings is 1. The van der Waals surface area contributed by atoms with Gasteiger partial charge in [-0.2, -0.15) is 0 Å². The maximum atomic E-state index is 11.9. The van der Waals surface area contributed by atoms with Crippen molar-refractivity contribution in [3.8, 4) is 0 Å². The van der Waals surface area contributed by atoms with Gasteiger partial charge in [0.25, 0.3) is 0 Å². The molecular weight excluding hydrogens is 264 g/mol. The molecule has 0 aromatic carbocycles. The van der Waals surface area contributed by atoms with Crippen LogP contribution in [0.25, 0.3) is 0 Å². The highest BCUT2D eigenvalue weighted by molar-refractivity contribution is 6.60. The largest absolute Gasteiger partial charge is 0.514 e. The van der Waals surface area contributed by atoms with Gasteiger partial charge in [0, 0.05) is 41.3 Å². The van der Waals surface area contributed by atoms with E-state index in [1.54, 1.807) is 26.2 Å². The molecule has 1 aliphatic heterocycles. The van der Waals surface area contributed by atoms with Gasteiger partial charge in [-0.3, -0.25) is 9.69 Å². The fourth-order valence-corrected chi connectivity index (χ4v) is 4.17. The molecule has 0 N–H and O–H groups in total. The van der Waals surface area contributed by atoms with E-state index in [0.29, 0.717) is 6.17 Å². The molecule has 0 aliphatic carbocycles. The number of rotatable bonds is 6. The predicted molar refractivity (Wildman–Crippen MR) is 74.6 cm³/mol. The first-order chi connectivity index (χ1) is 8.98. The number of carbonyl (C=O) groups excluding carboxylic acids is 1. The van der Waals surface area contributed by atoms with Gasteiger partial charge in [0.1, 0.15) is 0 Å². The first-order valence-corrected chi connectivity index (χ1v) is 8.50. The normalized spacial score (nSPS) is 18.6. The van der Waals surface area contributed by atoms with Crippen LogP contribution >= 0.6 is 0 Å². The molecule has 1 amide bonds. The molecule has 6 nitrogen and oxygen atoms in total. The van der Waals surface area contributed by atoms with E-state index in [2.05, 4.69) is 4.90 Å². The van der Waals surface area contributed by atoms with Crippen LogP contribution in [0.1, 0.15) is 12.8 Å². The van der Waals surface area contributed by atoms with E-state index < -0.39 is 8.80 Å². The fourth-order valence-electron chi connectivity index (χ4n) is 2.42. The highest BCUT2D eigenvalue weighted by atomic mass is 28.4. The minimum atomic E-state index is -2.55. The number of nitrogens with zero attached hydrogens (tertiary/aromatic N) is 2. The lowest BCUT2D eigenvalue weighted by atomic mass is 9.96. The van der Waals surface area contributed by atoms with Crippen LogP contribution in [-0.4, -0.2) is 79.2 Å². The number of hydrogen-bond donors (Lipinski definition) is 0. The molecule has 19 heavy (non-hydrogen) atoms. The lowest BCUT2D eigenvalue weighted by Crippen LogP contribution is -2.55. The van der Waals surface area contributed by atoms with Crippen molar-refractivity contribution in [1.29, 1.82) is 0 Å². The number of hydrogen-bond acceptors (Lipinski definition) is 5. The van der Waals surface area contributed by atoms with Crippen molar-refractivity contribution < 1.29 is 18.1 Å². The second kappa shape index (κ2) is 7.35. The molecule has 1 saturated heterocycles. The van der Waals surface area contributed by atoms with Crippen LogP contribution in [0.5, 0.6) is 0 Å². The Bertz CT molecular complexity index is 281. The van der Waals surface area contributed by atoms with Gasteiger partial charge >= 0.3 is 8.80 Å². The maximum absolute atomic E-state index is 11.9. The molecular formula is C12H26N2O4Si. The SMILES string of the molecule is CO[Si](CN1CCC(C(=O)N(C)C)CC1)(OC)OC. The Morgan fingerprint density at radius 2 is 1.63 bits per heavy atom. The molecule has 0 saturated carbocycles. The third-order valence-corrected chi connectivity index (χ3v) is 6.43. The van der Waals surface area contributed by atoms with Gasteiger partial charge < -0.3 is 18.2 Å². The van der Waals surface area contributed by atoms with Gasteiger partial charge in [0.15, 0.2) is 0 Å². The first-order valence-electron chi connectivity index (χ1n) is 6.57. The number of amides is 1. The van der Waals surface area contributed by atoms with Crippen molar-refractivity contribution in [3.05, 3.63) is 0 Å². The van der Waals surface area contributed by atoms with Crippen molar-refractivity contribution >= 4 is 14.7 Å². The van der Waals surface area contributed by atoms with Crippen molar-refractivity contribution in [2.24, 2.45) is 5.92 Å². The summed E-state index contributed by atoms with van der Waals surface area (Å²) in [4.78, 5) is 15.8. The summed E-state index contributed by atoms with van der Waals surface area (Å²) in [5.41, 5.74) is 0. The summed E-state index contributed by atoms with van der Waals surface area (Å²) in [5.74, 6) is 0.378. The summed E-state index contributed by atoms with van der Waals surface area (Å²) in [5, 5.41) is 0. The molecule has 1 aliphatic rings. The Morgan fingerprint density at radius 3 is 2.00 bits per heavy atom. The monoisotopic (exact) mass is 290 g/mol. The standard InChI is InChI=1S/C12H26N2O4Si/c1-13(2)12(15)11-6-8-14(9-7-11)10-19(16-3,17-4)18-5/h11H,6-10H2,1-5H3. The third-order valence-electron chi connectivity index (χ3n) is 3.73. The van der Waals surface area contributed by atoms with Crippen LogP contribution in [0.4, 0.5) is 0 Å². The maximum Gasteiger partial charge on any atom is 0.514 e. The number of carbonyl (C=O) groups is 1. The summed E-state index contributed by atoms with van der Waals surface area (Å²) in [6, 6.07) is 0. The van der Waals surface area contributed by atoms with Gasteiger partial charge in [-0.05, 0) is 25.9 Å². The molecule has 0 bridgehead atoms. The fraction of sp³-hybridized carbons (Fsp3) is 0.917. The van der Waals surface area contributed by atoms with E-state index in [0.717, 1.165) is 25.9 Å². The van der Waals surface area contributed by atoms with Gasteiger partial charge in [-0.25, -0.2) is 0 Å². The zero-order valence-electron chi connectivity index (χ0n) is 12.6. The molecule has 1 heterocycles. The molecule has 112 valence electrons. The van der Waals surface area contributed by atoms with E-state index in [4.69, 9.17) is 13.3 Å². The third kappa shape index (κ3) is 4.25. The van der Waals surface area contributed by atoms with Crippen LogP contribution in [0, 0.1) is 5.92 Å². The Morgan fingerprint density at radius 1 is 1.16 bits per heavy atom. The topological polar surface area (TPSA) is 51.2 Å². The van der Waals surface area contributed by atoms with E-state index in [9.17, 15) is 4.79 Å². The molecule has 1 rings (SSSR count). The average Bonchev–Trinajstić information content (AvgIpc) is 2.45. The average molecular weight is 290 g/mol. The van der Waals surface area contributed by atoms with Gasteiger partial charge in [-0.15, -0.1) is 0 Å². The van der Waals surface area contributed by atoms with Crippen molar-refractivity contribution in [2.45, 2.75) is 12.8 Å². The first kappa shape index (κ1) is 16.6. The van der Waals surface area contributed by atoms with Gasteiger partial charge in [0.05, 0.1) is 6.17 Å². The Labute approximate surface area is 117 Å². The highest BCUT2D eigenvalue weighted by Crippen LogP contribution is 2.20. The van der Waals surface area contributed by atoms with Gasteiger partial charge in [0.2, 0.25) is 5.91 Å². The molecule has 0 aromatic rings. The summed E-state index contributed by atoms with van der Waals surface area (Å²) in [6.45, 7) is 1.77. The number of likely N-dealkylation sites (tertiary alicyclic amines) is 1. The van der Waals surface area contributed by atoms with E-state index in [1.807, 2.05) is 14.1 Å². The zero-order chi connectivity index (χ0) is 14.5. The molecule has 7 heteroatoms. The Balaban J connectivity index is 2.48. The summed E-state index contributed by atoms with van der Waals surface area (Å²) < 4.78 is 16.3. The summed E-state index contributed by atoms with van der Waals surface area (Å²) in [7, 11) is 5.96. The zero-order valence-corrected chi connectivity index (χ0v) is 13.6. The molecule has 0 spiro atoms. The molecule has 0 unspecified atom stereocenters. The smallest absolute Gasteiger partial charge is 0.376 e. The highest BCUT2D eigenvalue weighted by Gasteiger charge is 2.41. The van der Waals surface area contributed by atoms with Crippen molar-refractivity contribution in [2.75, 3.05) is 54.7 Å². The minimum absolute atomic E-state index is 0.148. The molecule has 1 fully saturated rings. The van der Waals surface area contributed by atoms with E-state index in [-0.39, 0.29) is 11.8 Å². The lowest BCUT2D eigenvalue weighted by Gasteiger charge is -2.36. The van der Waals surface area contributed by atoms with Crippen LogP contribution in [0.15, 0.2) is 0 Å². The summed E-state index contributed by atoms with van der Waals surface area (Å²) >= 11 is 0. The van der Waals surface area contributed by atoms with Crippen LogP contribution < -0.4 is 0 Å². The second-order valence-corrected chi connectivity index (χ2v) is 7.99. The predicted octanol–water partition coefficient (Wildman–Crippen LogP) is 0.204. The van der Waals surface area contributed by atoms with Gasteiger partial charge in [-0.1, -0.05) is 0 Å². The van der Waals surface area contributed by atoms with Crippen molar-refractivity contribution in [1.82, 2.24) is 9.80 Å². The second-order valence-electron chi connectivity index (χ2n) is 5.08. The molecule has 0 aromatic heterocycles. The minimum Gasteiger partial charge on any atom is -0.376 e. The van der Waals surface area contributed by atoms with E-state index in [1.165, 1.54) is 0 Å². The summed E-state index contributed by atoms with van der Waals surface area (Å²) in [6.07, 6.45) is 2.46.